The number of aromatic hydroxyl groups is 1. The van der Waals surface area contributed by atoms with E-state index in [1.54, 1.807) is 6.07 Å². The normalized spacial score (nSPS) is 11.9. The van der Waals surface area contributed by atoms with Gasteiger partial charge in [-0.15, -0.1) is 0 Å². The van der Waals surface area contributed by atoms with Crippen LogP contribution in [0.2, 0.25) is 0 Å². The highest BCUT2D eigenvalue weighted by atomic mass is 16.5. The predicted molar refractivity (Wildman–Crippen MR) is 115 cm³/mol. The van der Waals surface area contributed by atoms with E-state index in [0.717, 1.165) is 27.5 Å². The lowest BCUT2D eigenvalue weighted by Crippen LogP contribution is -2.08. The number of carbonyl (C=O) groups excluding carboxylic acids is 1. The van der Waals surface area contributed by atoms with Crippen LogP contribution < -0.4 is 0 Å². The summed E-state index contributed by atoms with van der Waals surface area (Å²) in [5.41, 5.74) is 2.90. The molecule has 0 saturated heterocycles. The van der Waals surface area contributed by atoms with Gasteiger partial charge in [-0.3, -0.25) is 0 Å². The number of rotatable bonds is 5. The van der Waals surface area contributed by atoms with Gasteiger partial charge in [-0.1, -0.05) is 91.9 Å². The summed E-state index contributed by atoms with van der Waals surface area (Å²) in [7, 11) is 0. The molecule has 0 aromatic heterocycles. The van der Waals surface area contributed by atoms with Gasteiger partial charge in [0.1, 0.15) is 17.9 Å². The molecular formula is C26H22O3. The largest absolute Gasteiger partial charge is 0.507 e. The minimum Gasteiger partial charge on any atom is -0.507 e. The van der Waals surface area contributed by atoms with Crippen LogP contribution in [0, 0.1) is 0 Å². The van der Waals surface area contributed by atoms with E-state index in [1.165, 1.54) is 0 Å². The first-order valence-electron chi connectivity index (χ1n) is 9.65. The first kappa shape index (κ1) is 18.8. The fourth-order valence-corrected chi connectivity index (χ4v) is 3.67. The summed E-state index contributed by atoms with van der Waals surface area (Å²) in [5, 5.41) is 12.9. The summed E-state index contributed by atoms with van der Waals surface area (Å²) in [6.07, 6.45) is 0. The van der Waals surface area contributed by atoms with E-state index in [1.807, 2.05) is 91.9 Å². The SMILES string of the molecule is CC(c1ccccc1)c1c(O)c(C(=O)OCc2ccccc2)cc2ccccc12. The Morgan fingerprint density at radius 3 is 2.24 bits per heavy atom. The van der Waals surface area contributed by atoms with Gasteiger partial charge in [0.15, 0.2) is 0 Å². The molecule has 0 radical (unpaired) electrons. The molecule has 29 heavy (non-hydrogen) atoms. The molecule has 0 aliphatic heterocycles. The Bertz CT molecular complexity index is 1130. The van der Waals surface area contributed by atoms with Crippen LogP contribution in [0.25, 0.3) is 10.8 Å². The van der Waals surface area contributed by atoms with E-state index in [-0.39, 0.29) is 23.8 Å². The second kappa shape index (κ2) is 8.19. The molecule has 3 heteroatoms. The van der Waals surface area contributed by atoms with Gasteiger partial charge in [0.05, 0.1) is 0 Å². The molecule has 3 nitrogen and oxygen atoms in total. The van der Waals surface area contributed by atoms with Crippen molar-refractivity contribution < 1.29 is 14.6 Å². The Kier molecular flexibility index (Phi) is 5.30. The highest BCUT2D eigenvalue weighted by Gasteiger charge is 2.23. The van der Waals surface area contributed by atoms with Gasteiger partial charge < -0.3 is 9.84 Å². The maximum Gasteiger partial charge on any atom is 0.342 e. The second-order valence-electron chi connectivity index (χ2n) is 7.10. The fourth-order valence-electron chi connectivity index (χ4n) is 3.67. The molecule has 0 fully saturated rings. The minimum absolute atomic E-state index is 0.0156. The summed E-state index contributed by atoms with van der Waals surface area (Å²) in [6.45, 7) is 2.20. The zero-order valence-electron chi connectivity index (χ0n) is 16.2. The number of fused-ring (bicyclic) bond motifs is 1. The molecule has 0 spiro atoms. The molecule has 0 heterocycles. The van der Waals surface area contributed by atoms with Crippen molar-refractivity contribution in [1.82, 2.24) is 0 Å². The number of hydrogen-bond acceptors (Lipinski definition) is 3. The monoisotopic (exact) mass is 382 g/mol. The molecule has 0 saturated carbocycles. The van der Waals surface area contributed by atoms with Crippen LogP contribution in [0.3, 0.4) is 0 Å². The average molecular weight is 382 g/mol. The lowest BCUT2D eigenvalue weighted by Gasteiger charge is -2.19. The van der Waals surface area contributed by atoms with Gasteiger partial charge in [-0.05, 0) is 28.0 Å². The van der Waals surface area contributed by atoms with Crippen LogP contribution in [0.5, 0.6) is 5.75 Å². The molecule has 0 aliphatic rings. The molecule has 4 aromatic carbocycles. The number of benzene rings is 4. The molecule has 1 unspecified atom stereocenters. The highest BCUT2D eigenvalue weighted by Crippen LogP contribution is 2.39. The van der Waals surface area contributed by atoms with Gasteiger partial charge in [-0.25, -0.2) is 4.79 Å². The standard InChI is InChI=1S/C26H22O3/c1-18(20-12-6-3-7-13-20)24-22-15-9-8-14-21(22)16-23(25(24)27)26(28)29-17-19-10-4-2-5-11-19/h2-16,18,27H,17H2,1H3. The zero-order chi connectivity index (χ0) is 20.2. The fraction of sp³-hybridized carbons (Fsp3) is 0.115. The van der Waals surface area contributed by atoms with Crippen molar-refractivity contribution in [3.8, 4) is 5.75 Å². The Labute approximate surface area is 170 Å². The zero-order valence-corrected chi connectivity index (χ0v) is 16.2. The molecule has 4 aromatic rings. The van der Waals surface area contributed by atoms with Crippen LogP contribution in [-0.2, 0) is 11.3 Å². The van der Waals surface area contributed by atoms with Gasteiger partial charge in [0, 0.05) is 11.5 Å². The number of hydrogen-bond donors (Lipinski definition) is 1. The number of carbonyl (C=O) groups is 1. The Hall–Kier alpha value is -3.59. The third-order valence-electron chi connectivity index (χ3n) is 5.23. The molecule has 144 valence electrons. The Balaban J connectivity index is 1.75. The maximum absolute atomic E-state index is 12.8. The van der Waals surface area contributed by atoms with E-state index in [9.17, 15) is 9.90 Å². The van der Waals surface area contributed by atoms with E-state index in [0.29, 0.717) is 0 Å². The molecule has 4 rings (SSSR count). The van der Waals surface area contributed by atoms with E-state index in [2.05, 4.69) is 0 Å². The number of esters is 1. The first-order valence-corrected chi connectivity index (χ1v) is 9.65. The molecule has 1 atom stereocenters. The van der Waals surface area contributed by atoms with Crippen LogP contribution in [0.4, 0.5) is 0 Å². The lowest BCUT2D eigenvalue weighted by molar-refractivity contribution is 0.0469. The minimum atomic E-state index is -0.529. The van der Waals surface area contributed by atoms with Gasteiger partial charge in [-0.2, -0.15) is 0 Å². The van der Waals surface area contributed by atoms with Crippen LogP contribution in [0.15, 0.2) is 91.0 Å². The summed E-state index contributed by atoms with van der Waals surface area (Å²) in [4.78, 5) is 12.8. The van der Waals surface area contributed by atoms with Crippen LogP contribution >= 0.6 is 0 Å². The number of phenolic OH excluding ortho intramolecular Hbond substituents is 1. The topological polar surface area (TPSA) is 46.5 Å². The van der Waals surface area contributed by atoms with Crippen molar-refractivity contribution in [3.63, 3.8) is 0 Å². The highest BCUT2D eigenvalue weighted by molar-refractivity contribution is 6.01. The Morgan fingerprint density at radius 2 is 1.52 bits per heavy atom. The summed E-state index contributed by atoms with van der Waals surface area (Å²) >= 11 is 0. The van der Waals surface area contributed by atoms with E-state index >= 15 is 0 Å². The molecule has 1 N–H and O–H groups in total. The van der Waals surface area contributed by atoms with Crippen molar-refractivity contribution >= 4 is 16.7 Å². The van der Waals surface area contributed by atoms with Crippen LogP contribution in [-0.4, -0.2) is 11.1 Å². The second-order valence-corrected chi connectivity index (χ2v) is 7.10. The van der Waals surface area contributed by atoms with Crippen molar-refractivity contribution in [2.75, 3.05) is 0 Å². The van der Waals surface area contributed by atoms with Crippen LogP contribution in [0.1, 0.15) is 39.9 Å². The Morgan fingerprint density at radius 1 is 0.897 bits per heavy atom. The van der Waals surface area contributed by atoms with Crippen molar-refractivity contribution in [2.45, 2.75) is 19.4 Å². The molecular weight excluding hydrogens is 360 g/mol. The molecule has 0 amide bonds. The average Bonchev–Trinajstić information content (AvgIpc) is 2.78. The first-order chi connectivity index (χ1) is 14.1. The molecule has 0 aliphatic carbocycles. The summed E-state index contributed by atoms with van der Waals surface area (Å²) in [6, 6.07) is 29.0. The third kappa shape index (κ3) is 3.85. The molecule has 0 bridgehead atoms. The number of phenols is 1. The third-order valence-corrected chi connectivity index (χ3v) is 5.23. The number of ether oxygens (including phenoxy) is 1. The predicted octanol–water partition coefficient (Wildman–Crippen LogP) is 6.05. The smallest absolute Gasteiger partial charge is 0.342 e. The maximum atomic E-state index is 12.8. The van der Waals surface area contributed by atoms with Gasteiger partial charge in [0.25, 0.3) is 0 Å². The van der Waals surface area contributed by atoms with Gasteiger partial charge >= 0.3 is 5.97 Å². The quantitative estimate of drug-likeness (QED) is 0.427. The van der Waals surface area contributed by atoms with Crippen molar-refractivity contribution in [3.05, 3.63) is 113 Å². The van der Waals surface area contributed by atoms with Crippen molar-refractivity contribution in [1.29, 1.82) is 0 Å². The van der Waals surface area contributed by atoms with E-state index < -0.39 is 5.97 Å². The summed E-state index contributed by atoms with van der Waals surface area (Å²) in [5.74, 6) is -0.625. The van der Waals surface area contributed by atoms with Crippen molar-refractivity contribution in [2.24, 2.45) is 0 Å². The van der Waals surface area contributed by atoms with Gasteiger partial charge in [0.2, 0.25) is 0 Å². The lowest BCUT2D eigenvalue weighted by atomic mass is 9.87. The summed E-state index contributed by atoms with van der Waals surface area (Å²) < 4.78 is 5.49. The van der Waals surface area contributed by atoms with E-state index in [4.69, 9.17) is 4.74 Å².